The number of aromatic nitrogens is 1. The van der Waals surface area contributed by atoms with Crippen LogP contribution in [-0.4, -0.2) is 67.5 Å². The Morgan fingerprint density at radius 3 is 2.33 bits per heavy atom. The SMILES string of the molecule is O=C1CCCC(=O)N1c1cccc(N2CCN(CC3CCNCC3)CC2)n1. The lowest BCUT2D eigenvalue weighted by Gasteiger charge is -2.38. The number of imide groups is 1. The van der Waals surface area contributed by atoms with Crippen LogP contribution in [0.1, 0.15) is 32.1 Å². The van der Waals surface area contributed by atoms with Gasteiger partial charge in [0.25, 0.3) is 0 Å². The van der Waals surface area contributed by atoms with Crippen LogP contribution < -0.4 is 15.1 Å². The Balaban J connectivity index is 1.37. The smallest absolute Gasteiger partial charge is 0.234 e. The molecule has 3 fully saturated rings. The summed E-state index contributed by atoms with van der Waals surface area (Å²) in [5.41, 5.74) is 0. The number of piperidine rings is 2. The summed E-state index contributed by atoms with van der Waals surface area (Å²) in [5, 5.41) is 3.43. The number of nitrogens with zero attached hydrogens (tertiary/aromatic N) is 4. The molecule has 0 atom stereocenters. The van der Waals surface area contributed by atoms with E-state index in [4.69, 9.17) is 0 Å². The van der Waals surface area contributed by atoms with E-state index in [1.807, 2.05) is 12.1 Å². The van der Waals surface area contributed by atoms with Crippen molar-refractivity contribution in [3.63, 3.8) is 0 Å². The Morgan fingerprint density at radius 2 is 1.63 bits per heavy atom. The van der Waals surface area contributed by atoms with Crippen molar-refractivity contribution in [2.24, 2.45) is 5.92 Å². The van der Waals surface area contributed by atoms with Gasteiger partial charge in [-0.05, 0) is 50.4 Å². The number of amides is 2. The van der Waals surface area contributed by atoms with Gasteiger partial charge in [-0.1, -0.05) is 6.07 Å². The maximum absolute atomic E-state index is 12.2. The van der Waals surface area contributed by atoms with Gasteiger partial charge in [0.05, 0.1) is 0 Å². The van der Waals surface area contributed by atoms with E-state index in [9.17, 15) is 9.59 Å². The first-order chi connectivity index (χ1) is 13.2. The number of nitrogens with one attached hydrogen (secondary N) is 1. The lowest BCUT2D eigenvalue weighted by Crippen LogP contribution is -2.49. The highest BCUT2D eigenvalue weighted by Gasteiger charge is 2.29. The lowest BCUT2D eigenvalue weighted by molar-refractivity contribution is -0.129. The van der Waals surface area contributed by atoms with Crippen LogP contribution in [0.25, 0.3) is 0 Å². The molecule has 27 heavy (non-hydrogen) atoms. The first-order valence-corrected chi connectivity index (χ1v) is 10.2. The minimum atomic E-state index is -0.136. The summed E-state index contributed by atoms with van der Waals surface area (Å²) >= 11 is 0. The number of hydrogen-bond donors (Lipinski definition) is 1. The van der Waals surface area contributed by atoms with Gasteiger partial charge in [-0.2, -0.15) is 0 Å². The van der Waals surface area contributed by atoms with Crippen LogP contribution in [0.3, 0.4) is 0 Å². The first-order valence-electron chi connectivity index (χ1n) is 10.2. The molecule has 1 N–H and O–H groups in total. The van der Waals surface area contributed by atoms with Crippen molar-refractivity contribution in [2.45, 2.75) is 32.1 Å². The Kier molecular flexibility index (Phi) is 5.69. The van der Waals surface area contributed by atoms with E-state index in [1.165, 1.54) is 24.3 Å². The van der Waals surface area contributed by atoms with E-state index >= 15 is 0 Å². The van der Waals surface area contributed by atoms with Crippen molar-refractivity contribution in [2.75, 3.05) is 55.6 Å². The molecule has 0 saturated carbocycles. The molecule has 3 aliphatic heterocycles. The average molecular weight is 371 g/mol. The maximum Gasteiger partial charge on any atom is 0.234 e. The fourth-order valence-electron chi connectivity index (χ4n) is 4.31. The van der Waals surface area contributed by atoms with Crippen molar-refractivity contribution in [1.82, 2.24) is 15.2 Å². The second-order valence-corrected chi connectivity index (χ2v) is 7.81. The van der Waals surface area contributed by atoms with Crippen LogP contribution in [0.5, 0.6) is 0 Å². The summed E-state index contributed by atoms with van der Waals surface area (Å²) in [4.78, 5) is 35.1. The monoisotopic (exact) mass is 371 g/mol. The van der Waals surface area contributed by atoms with Crippen molar-refractivity contribution < 1.29 is 9.59 Å². The van der Waals surface area contributed by atoms with Gasteiger partial charge in [-0.15, -0.1) is 0 Å². The second-order valence-electron chi connectivity index (χ2n) is 7.81. The van der Waals surface area contributed by atoms with Crippen molar-refractivity contribution in [3.8, 4) is 0 Å². The van der Waals surface area contributed by atoms with Gasteiger partial charge in [0.1, 0.15) is 11.6 Å². The zero-order valence-electron chi connectivity index (χ0n) is 15.9. The molecule has 3 saturated heterocycles. The van der Waals surface area contributed by atoms with Crippen molar-refractivity contribution in [3.05, 3.63) is 18.2 Å². The predicted molar refractivity (Wildman–Crippen MR) is 105 cm³/mol. The molecular weight excluding hydrogens is 342 g/mol. The third-order valence-electron chi connectivity index (χ3n) is 5.90. The van der Waals surface area contributed by atoms with Gasteiger partial charge in [-0.25, -0.2) is 9.88 Å². The lowest BCUT2D eigenvalue weighted by atomic mass is 9.97. The molecule has 7 nitrogen and oxygen atoms in total. The van der Waals surface area contributed by atoms with Crippen molar-refractivity contribution >= 4 is 23.5 Å². The number of hydrogen-bond acceptors (Lipinski definition) is 6. The third kappa shape index (κ3) is 4.30. The highest BCUT2D eigenvalue weighted by molar-refractivity contribution is 6.15. The van der Waals surface area contributed by atoms with Crippen LogP contribution in [-0.2, 0) is 9.59 Å². The van der Waals surface area contributed by atoms with E-state index in [0.717, 1.165) is 51.0 Å². The molecule has 1 aromatic rings. The van der Waals surface area contributed by atoms with Gasteiger partial charge >= 0.3 is 0 Å². The molecule has 146 valence electrons. The summed E-state index contributed by atoms with van der Waals surface area (Å²) in [6.07, 6.45) is 4.05. The maximum atomic E-state index is 12.2. The van der Waals surface area contributed by atoms with Crippen LogP contribution in [0.4, 0.5) is 11.6 Å². The standard InChI is InChI=1S/C20H29N5O2/c26-19-5-2-6-20(27)25(19)18-4-1-3-17(22-18)24-13-11-23(12-14-24)15-16-7-9-21-10-8-16/h1,3-4,16,21H,2,5-15H2. The zero-order chi connectivity index (χ0) is 18.6. The molecule has 4 rings (SSSR count). The van der Waals surface area contributed by atoms with Crippen LogP contribution in [0.2, 0.25) is 0 Å². The molecule has 4 heterocycles. The molecule has 0 spiro atoms. The minimum absolute atomic E-state index is 0.136. The largest absolute Gasteiger partial charge is 0.354 e. The molecule has 0 aromatic carbocycles. The number of carbonyl (C=O) groups is 2. The Hall–Kier alpha value is -1.99. The summed E-state index contributed by atoms with van der Waals surface area (Å²) in [5.74, 6) is 1.88. The summed E-state index contributed by atoms with van der Waals surface area (Å²) in [6, 6.07) is 5.64. The molecule has 0 radical (unpaired) electrons. The number of rotatable bonds is 4. The highest BCUT2D eigenvalue weighted by Crippen LogP contribution is 2.24. The molecule has 1 aromatic heterocycles. The Morgan fingerprint density at radius 1 is 0.963 bits per heavy atom. The summed E-state index contributed by atoms with van der Waals surface area (Å²) in [7, 11) is 0. The second kappa shape index (κ2) is 8.35. The Bertz CT molecular complexity index is 665. The van der Waals surface area contributed by atoms with E-state index in [-0.39, 0.29) is 11.8 Å². The normalized spacial score (nSPS) is 23.1. The highest BCUT2D eigenvalue weighted by atomic mass is 16.2. The molecule has 7 heteroatoms. The Labute approximate surface area is 160 Å². The van der Waals surface area contributed by atoms with E-state index in [0.29, 0.717) is 25.1 Å². The van der Waals surface area contributed by atoms with E-state index in [1.54, 1.807) is 6.07 Å². The average Bonchev–Trinajstić information content (AvgIpc) is 2.70. The van der Waals surface area contributed by atoms with Gasteiger partial charge in [0, 0.05) is 45.6 Å². The third-order valence-corrected chi connectivity index (χ3v) is 5.90. The number of carbonyl (C=O) groups excluding carboxylic acids is 2. The zero-order valence-corrected chi connectivity index (χ0v) is 15.9. The molecule has 0 bridgehead atoms. The number of anilines is 2. The topological polar surface area (TPSA) is 68.8 Å². The number of pyridine rings is 1. The minimum Gasteiger partial charge on any atom is -0.354 e. The molecule has 0 aliphatic carbocycles. The number of piperazine rings is 1. The fraction of sp³-hybridized carbons (Fsp3) is 0.650. The molecule has 3 aliphatic rings. The predicted octanol–water partition coefficient (Wildman–Crippen LogP) is 1.25. The van der Waals surface area contributed by atoms with Crippen LogP contribution in [0, 0.1) is 5.92 Å². The fourth-order valence-corrected chi connectivity index (χ4v) is 4.31. The molecule has 0 unspecified atom stereocenters. The molecule has 2 amide bonds. The van der Waals surface area contributed by atoms with E-state index in [2.05, 4.69) is 20.1 Å². The summed E-state index contributed by atoms with van der Waals surface area (Å²) < 4.78 is 0. The van der Waals surface area contributed by atoms with Gasteiger partial charge in [0.15, 0.2) is 0 Å². The van der Waals surface area contributed by atoms with Gasteiger partial charge in [0.2, 0.25) is 11.8 Å². The van der Waals surface area contributed by atoms with Gasteiger partial charge in [-0.3, -0.25) is 14.5 Å². The quantitative estimate of drug-likeness (QED) is 0.804. The van der Waals surface area contributed by atoms with E-state index < -0.39 is 0 Å². The van der Waals surface area contributed by atoms with Gasteiger partial charge < -0.3 is 10.2 Å². The molecular formula is C20H29N5O2. The first kappa shape index (κ1) is 18.4. The van der Waals surface area contributed by atoms with Crippen LogP contribution in [0.15, 0.2) is 18.2 Å². The van der Waals surface area contributed by atoms with Crippen molar-refractivity contribution in [1.29, 1.82) is 0 Å². The summed E-state index contributed by atoms with van der Waals surface area (Å²) in [6.45, 7) is 7.44. The van der Waals surface area contributed by atoms with Crippen LogP contribution >= 0.6 is 0 Å².